The molecule has 0 saturated heterocycles. The van der Waals surface area contributed by atoms with Crippen molar-refractivity contribution in [1.29, 1.82) is 0 Å². The minimum atomic E-state index is -4.60. The topological polar surface area (TPSA) is 149 Å². The zero-order chi connectivity index (χ0) is 36.3. The molecule has 0 bridgehead atoms. The molecule has 11 heteroatoms. The molecule has 292 valence electrons. The van der Waals surface area contributed by atoms with Gasteiger partial charge in [-0.3, -0.25) is 18.6 Å². The summed E-state index contributed by atoms with van der Waals surface area (Å²) < 4.78 is 32.5. The SMILES string of the molecule is CCCCCCCCCCCCCCCCCCCCC(=O)OC[C@@H](COP(=O)(O)OC[C@H](O)CO)OC(=O)CCCCCCCCCC. The first-order chi connectivity index (χ1) is 23.7. The number of esters is 2. The zero-order valence-electron chi connectivity index (χ0n) is 31.4. The van der Waals surface area contributed by atoms with Crippen LogP contribution in [0.2, 0.25) is 0 Å². The largest absolute Gasteiger partial charge is 0.472 e. The predicted molar refractivity (Wildman–Crippen MR) is 196 cm³/mol. The van der Waals surface area contributed by atoms with Gasteiger partial charge in [-0.15, -0.1) is 0 Å². The third-order valence-corrected chi connectivity index (χ3v) is 9.71. The van der Waals surface area contributed by atoms with Gasteiger partial charge in [0.15, 0.2) is 6.10 Å². The lowest BCUT2D eigenvalue weighted by Crippen LogP contribution is -2.29. The predicted octanol–water partition coefficient (Wildman–Crippen LogP) is 9.89. The number of ether oxygens (including phenoxy) is 2. The number of rotatable bonds is 38. The number of carbonyl (C=O) groups excluding carboxylic acids is 2. The molecule has 0 aromatic carbocycles. The number of aliphatic hydroxyl groups excluding tert-OH is 2. The Balaban J connectivity index is 4.17. The molecule has 0 heterocycles. The van der Waals surface area contributed by atoms with Crippen LogP contribution in [0.25, 0.3) is 0 Å². The lowest BCUT2D eigenvalue weighted by atomic mass is 10.0. The molecule has 3 atom stereocenters. The smallest absolute Gasteiger partial charge is 0.462 e. The minimum absolute atomic E-state index is 0.189. The number of unbranched alkanes of at least 4 members (excludes halogenated alkanes) is 24. The van der Waals surface area contributed by atoms with Crippen LogP contribution in [0.5, 0.6) is 0 Å². The summed E-state index contributed by atoms with van der Waals surface area (Å²) >= 11 is 0. The van der Waals surface area contributed by atoms with Crippen molar-refractivity contribution < 1.29 is 47.8 Å². The van der Waals surface area contributed by atoms with E-state index in [1.807, 2.05) is 0 Å². The van der Waals surface area contributed by atoms with Crippen LogP contribution >= 0.6 is 7.82 Å². The molecule has 3 N–H and O–H groups in total. The van der Waals surface area contributed by atoms with E-state index in [4.69, 9.17) is 19.1 Å². The van der Waals surface area contributed by atoms with Crippen molar-refractivity contribution >= 4 is 19.8 Å². The van der Waals surface area contributed by atoms with Gasteiger partial charge in [0.1, 0.15) is 12.7 Å². The summed E-state index contributed by atoms with van der Waals surface area (Å²) in [4.78, 5) is 34.7. The van der Waals surface area contributed by atoms with Gasteiger partial charge in [0.2, 0.25) is 0 Å². The van der Waals surface area contributed by atoms with Crippen LogP contribution < -0.4 is 0 Å². The Bertz CT molecular complexity index is 796. The van der Waals surface area contributed by atoms with Crippen molar-refractivity contribution in [2.75, 3.05) is 26.4 Å². The van der Waals surface area contributed by atoms with Crippen molar-refractivity contribution in [3.63, 3.8) is 0 Å². The molecule has 0 aliphatic carbocycles. The summed E-state index contributed by atoms with van der Waals surface area (Å²) in [6.45, 7) is 2.36. The quantitative estimate of drug-likeness (QED) is 0.0319. The second-order valence-electron chi connectivity index (χ2n) is 13.7. The van der Waals surface area contributed by atoms with Crippen LogP contribution in [0.15, 0.2) is 0 Å². The van der Waals surface area contributed by atoms with Gasteiger partial charge in [-0.25, -0.2) is 4.57 Å². The Morgan fingerprint density at radius 3 is 1.27 bits per heavy atom. The summed E-state index contributed by atoms with van der Waals surface area (Å²) in [5, 5.41) is 18.2. The average molecular weight is 723 g/mol. The van der Waals surface area contributed by atoms with Gasteiger partial charge in [0, 0.05) is 12.8 Å². The van der Waals surface area contributed by atoms with E-state index in [0.717, 1.165) is 32.1 Å². The third-order valence-electron chi connectivity index (χ3n) is 8.76. The number of phosphoric ester groups is 1. The molecule has 0 saturated carbocycles. The molecule has 0 rings (SSSR count). The first kappa shape index (κ1) is 48.0. The van der Waals surface area contributed by atoms with Gasteiger partial charge in [0.25, 0.3) is 0 Å². The molecule has 1 unspecified atom stereocenters. The molecular formula is C38H75O10P. The van der Waals surface area contributed by atoms with Crippen molar-refractivity contribution in [2.24, 2.45) is 0 Å². The molecular weight excluding hydrogens is 647 g/mol. The van der Waals surface area contributed by atoms with Crippen LogP contribution in [-0.4, -0.2) is 65.7 Å². The first-order valence-electron chi connectivity index (χ1n) is 20.0. The lowest BCUT2D eigenvalue weighted by Gasteiger charge is -2.20. The van der Waals surface area contributed by atoms with Crippen molar-refractivity contribution in [3.05, 3.63) is 0 Å². The van der Waals surface area contributed by atoms with E-state index in [-0.39, 0.29) is 19.4 Å². The van der Waals surface area contributed by atoms with Gasteiger partial charge in [0.05, 0.1) is 19.8 Å². The maximum absolute atomic E-state index is 12.5. The van der Waals surface area contributed by atoms with E-state index >= 15 is 0 Å². The van der Waals surface area contributed by atoms with E-state index in [0.29, 0.717) is 12.8 Å². The summed E-state index contributed by atoms with van der Waals surface area (Å²) in [7, 11) is -4.60. The fourth-order valence-electron chi connectivity index (χ4n) is 5.64. The monoisotopic (exact) mass is 723 g/mol. The van der Waals surface area contributed by atoms with Gasteiger partial charge >= 0.3 is 19.8 Å². The highest BCUT2D eigenvalue weighted by Crippen LogP contribution is 2.43. The van der Waals surface area contributed by atoms with Crippen LogP contribution in [0.1, 0.15) is 194 Å². The molecule has 0 aliphatic heterocycles. The molecule has 0 spiro atoms. The molecule has 0 amide bonds. The second kappa shape index (κ2) is 35.4. The zero-order valence-corrected chi connectivity index (χ0v) is 32.3. The number of phosphoric acid groups is 1. The lowest BCUT2D eigenvalue weighted by molar-refractivity contribution is -0.161. The molecule has 0 aromatic rings. The summed E-state index contributed by atoms with van der Waals surface area (Å²) in [5.41, 5.74) is 0. The normalized spacial score (nSPS) is 14.0. The Morgan fingerprint density at radius 1 is 0.531 bits per heavy atom. The highest BCUT2D eigenvalue weighted by atomic mass is 31.2. The first-order valence-corrected chi connectivity index (χ1v) is 21.5. The van der Waals surface area contributed by atoms with E-state index in [1.165, 1.54) is 122 Å². The maximum atomic E-state index is 12.5. The third kappa shape index (κ3) is 35.2. The number of hydrogen-bond donors (Lipinski definition) is 3. The van der Waals surface area contributed by atoms with Crippen LogP contribution in [0.3, 0.4) is 0 Å². The number of carbonyl (C=O) groups is 2. The second-order valence-corrected chi connectivity index (χ2v) is 15.1. The van der Waals surface area contributed by atoms with E-state index in [9.17, 15) is 24.2 Å². The highest BCUT2D eigenvalue weighted by Gasteiger charge is 2.27. The molecule has 0 radical (unpaired) electrons. The summed E-state index contributed by atoms with van der Waals surface area (Å²) in [6.07, 6.45) is 29.5. The van der Waals surface area contributed by atoms with Gasteiger partial charge in [-0.1, -0.05) is 168 Å². The standard InChI is InChI=1S/C38H75O10P/c1-3-5-7-9-11-13-14-15-16-17-18-19-20-21-22-24-25-27-29-37(41)45-33-36(34-47-49(43,44)46-32-35(40)31-39)48-38(42)30-28-26-23-12-10-8-6-4-2/h35-36,39-40H,3-34H2,1-2H3,(H,43,44)/t35-,36+/m1/s1. The molecule has 10 nitrogen and oxygen atoms in total. The van der Waals surface area contributed by atoms with Gasteiger partial charge < -0.3 is 24.6 Å². The van der Waals surface area contributed by atoms with E-state index in [1.54, 1.807) is 0 Å². The Morgan fingerprint density at radius 2 is 0.878 bits per heavy atom. The number of aliphatic hydroxyl groups is 2. The highest BCUT2D eigenvalue weighted by molar-refractivity contribution is 7.47. The van der Waals surface area contributed by atoms with Gasteiger partial charge in [-0.2, -0.15) is 0 Å². The Kier molecular flexibility index (Phi) is 34.6. The molecule has 49 heavy (non-hydrogen) atoms. The maximum Gasteiger partial charge on any atom is 0.472 e. The van der Waals surface area contributed by atoms with Crippen LogP contribution in [-0.2, 0) is 32.7 Å². The van der Waals surface area contributed by atoms with Gasteiger partial charge in [-0.05, 0) is 12.8 Å². The fraction of sp³-hybridized carbons (Fsp3) is 0.947. The summed E-state index contributed by atoms with van der Waals surface area (Å²) in [6, 6.07) is 0. The van der Waals surface area contributed by atoms with Crippen LogP contribution in [0.4, 0.5) is 0 Å². The van der Waals surface area contributed by atoms with E-state index < -0.39 is 51.8 Å². The Labute approximate surface area is 299 Å². The molecule has 0 fully saturated rings. The molecule has 0 aliphatic rings. The molecule has 0 aromatic heterocycles. The van der Waals surface area contributed by atoms with Crippen molar-refractivity contribution in [3.8, 4) is 0 Å². The Hall–Kier alpha value is -1.03. The fourth-order valence-corrected chi connectivity index (χ4v) is 6.43. The number of hydrogen-bond acceptors (Lipinski definition) is 9. The summed E-state index contributed by atoms with van der Waals surface area (Å²) in [5.74, 6) is -0.918. The van der Waals surface area contributed by atoms with Crippen molar-refractivity contribution in [2.45, 2.75) is 206 Å². The van der Waals surface area contributed by atoms with E-state index in [2.05, 4.69) is 18.4 Å². The minimum Gasteiger partial charge on any atom is -0.462 e. The average Bonchev–Trinajstić information content (AvgIpc) is 3.09. The van der Waals surface area contributed by atoms with Crippen LogP contribution in [0, 0.1) is 0 Å². The van der Waals surface area contributed by atoms with Crippen molar-refractivity contribution in [1.82, 2.24) is 0 Å².